The van der Waals surface area contributed by atoms with Crippen LogP contribution in [0.25, 0.3) is 0 Å². The van der Waals surface area contributed by atoms with Crippen molar-refractivity contribution in [2.75, 3.05) is 51.3 Å². The number of nitro benzene ring substituents is 1. The highest BCUT2D eigenvalue weighted by atomic mass is 32.2. The van der Waals surface area contributed by atoms with Gasteiger partial charge in [-0.3, -0.25) is 15.0 Å². The Hall–Kier alpha value is -2.69. The molecule has 2 aromatic rings. The largest absolute Gasteiger partial charge is 0.495 e. The van der Waals surface area contributed by atoms with Gasteiger partial charge in [0, 0.05) is 44.5 Å². The summed E-state index contributed by atoms with van der Waals surface area (Å²) >= 11 is 0. The SMILES string of the molecule is COc1cc([N+](=O)[O-])ccc1S(=O)(=O)NCCCN1CCN(c2ccccc2)CC1. The number of non-ortho nitro benzene ring substituents is 1. The number of nitrogens with one attached hydrogen (secondary N) is 1. The molecular formula is C20H26N4O5S. The predicted molar refractivity (Wildman–Crippen MR) is 115 cm³/mol. The summed E-state index contributed by atoms with van der Waals surface area (Å²) in [5.41, 5.74) is 1.00. The van der Waals surface area contributed by atoms with Crippen LogP contribution in [-0.4, -0.2) is 64.6 Å². The summed E-state index contributed by atoms with van der Waals surface area (Å²) in [5.74, 6) is -0.0475. The van der Waals surface area contributed by atoms with Crippen LogP contribution in [-0.2, 0) is 10.0 Å². The molecule has 0 aromatic heterocycles. The summed E-state index contributed by atoms with van der Waals surface area (Å²) in [6.45, 7) is 4.81. The van der Waals surface area contributed by atoms with Crippen molar-refractivity contribution in [1.29, 1.82) is 0 Å². The van der Waals surface area contributed by atoms with Gasteiger partial charge in [-0.15, -0.1) is 0 Å². The van der Waals surface area contributed by atoms with Gasteiger partial charge in [0.1, 0.15) is 10.6 Å². The summed E-state index contributed by atoms with van der Waals surface area (Å²) in [7, 11) is -2.53. The van der Waals surface area contributed by atoms with E-state index in [1.165, 1.54) is 18.9 Å². The molecule has 2 aromatic carbocycles. The average molecular weight is 435 g/mol. The van der Waals surface area contributed by atoms with Crippen molar-refractivity contribution < 1.29 is 18.1 Å². The molecule has 0 aliphatic carbocycles. The van der Waals surface area contributed by atoms with Crippen LogP contribution in [0.3, 0.4) is 0 Å². The Morgan fingerprint density at radius 2 is 1.80 bits per heavy atom. The molecule has 0 unspecified atom stereocenters. The minimum atomic E-state index is -3.82. The maximum Gasteiger partial charge on any atom is 0.273 e. The second-order valence-corrected chi connectivity index (χ2v) is 8.74. The van der Waals surface area contributed by atoms with E-state index >= 15 is 0 Å². The van der Waals surface area contributed by atoms with Crippen molar-refractivity contribution in [3.63, 3.8) is 0 Å². The molecule has 0 radical (unpaired) electrons. The van der Waals surface area contributed by atoms with Gasteiger partial charge in [0.25, 0.3) is 5.69 Å². The first-order valence-corrected chi connectivity index (χ1v) is 11.2. The van der Waals surface area contributed by atoms with Crippen LogP contribution in [0.1, 0.15) is 6.42 Å². The molecule has 1 fully saturated rings. The minimum Gasteiger partial charge on any atom is -0.495 e. The Bertz CT molecular complexity index is 960. The van der Waals surface area contributed by atoms with Crippen LogP contribution in [0.15, 0.2) is 53.4 Å². The van der Waals surface area contributed by atoms with E-state index in [0.717, 1.165) is 44.9 Å². The van der Waals surface area contributed by atoms with E-state index in [-0.39, 0.29) is 22.9 Å². The molecule has 0 bridgehead atoms. The van der Waals surface area contributed by atoms with Gasteiger partial charge in [-0.2, -0.15) is 0 Å². The molecule has 0 saturated carbocycles. The van der Waals surface area contributed by atoms with Gasteiger partial charge in [0.2, 0.25) is 10.0 Å². The normalized spacial score (nSPS) is 15.2. The van der Waals surface area contributed by atoms with Crippen LogP contribution in [0.2, 0.25) is 0 Å². The first kappa shape index (κ1) is 22.0. The Kier molecular flexibility index (Phi) is 7.24. The van der Waals surface area contributed by atoms with E-state index in [2.05, 4.69) is 26.7 Å². The van der Waals surface area contributed by atoms with Crippen LogP contribution < -0.4 is 14.4 Å². The zero-order valence-corrected chi connectivity index (χ0v) is 17.7. The number of hydrogen-bond donors (Lipinski definition) is 1. The Morgan fingerprint density at radius 1 is 1.10 bits per heavy atom. The van der Waals surface area contributed by atoms with Crippen molar-refractivity contribution >= 4 is 21.4 Å². The number of nitro groups is 1. The lowest BCUT2D eigenvalue weighted by Gasteiger charge is -2.36. The third kappa shape index (κ3) is 5.47. The van der Waals surface area contributed by atoms with E-state index in [0.29, 0.717) is 6.42 Å². The molecule has 1 saturated heterocycles. The zero-order valence-electron chi connectivity index (χ0n) is 16.9. The van der Waals surface area contributed by atoms with Gasteiger partial charge in [-0.25, -0.2) is 13.1 Å². The standard InChI is InChI=1S/C20H26N4O5S/c1-29-19-16-18(24(25)26)8-9-20(19)30(27,28)21-10-5-11-22-12-14-23(15-13-22)17-6-3-2-4-7-17/h2-4,6-9,16,21H,5,10-15H2,1H3. The number of sulfonamides is 1. The molecule has 1 N–H and O–H groups in total. The van der Waals surface area contributed by atoms with E-state index in [4.69, 9.17) is 4.74 Å². The van der Waals surface area contributed by atoms with Crippen LogP contribution in [0.4, 0.5) is 11.4 Å². The van der Waals surface area contributed by atoms with Crippen molar-refractivity contribution in [3.05, 3.63) is 58.6 Å². The first-order valence-electron chi connectivity index (χ1n) is 9.75. The summed E-state index contributed by atoms with van der Waals surface area (Å²) in [6, 6.07) is 13.8. The molecule has 1 aliphatic rings. The molecule has 0 amide bonds. The van der Waals surface area contributed by atoms with E-state index in [1.807, 2.05) is 18.2 Å². The third-order valence-electron chi connectivity index (χ3n) is 5.08. The summed E-state index contributed by atoms with van der Waals surface area (Å²) < 4.78 is 32.7. The Morgan fingerprint density at radius 3 is 2.43 bits per heavy atom. The number of piperazine rings is 1. The number of ether oxygens (including phenoxy) is 1. The zero-order chi connectivity index (χ0) is 21.6. The molecule has 9 nitrogen and oxygen atoms in total. The average Bonchev–Trinajstić information content (AvgIpc) is 2.77. The number of benzene rings is 2. The lowest BCUT2D eigenvalue weighted by molar-refractivity contribution is -0.385. The summed E-state index contributed by atoms with van der Waals surface area (Å²) in [4.78, 5) is 14.8. The fourth-order valence-electron chi connectivity index (χ4n) is 3.45. The molecule has 1 heterocycles. The molecule has 162 valence electrons. The number of para-hydroxylation sites is 1. The van der Waals surface area contributed by atoms with Crippen molar-refractivity contribution in [2.24, 2.45) is 0 Å². The number of rotatable bonds is 9. The highest BCUT2D eigenvalue weighted by Crippen LogP contribution is 2.28. The first-order chi connectivity index (χ1) is 14.4. The number of nitrogens with zero attached hydrogens (tertiary/aromatic N) is 3. The number of methoxy groups -OCH3 is 1. The Labute approximate surface area is 176 Å². The molecule has 3 rings (SSSR count). The lowest BCUT2D eigenvalue weighted by Crippen LogP contribution is -2.47. The van der Waals surface area contributed by atoms with Crippen molar-refractivity contribution in [2.45, 2.75) is 11.3 Å². The fraction of sp³-hybridized carbons (Fsp3) is 0.400. The number of anilines is 1. The van der Waals surface area contributed by atoms with Crippen LogP contribution in [0, 0.1) is 10.1 Å². The monoisotopic (exact) mass is 434 g/mol. The Balaban J connectivity index is 1.47. The van der Waals surface area contributed by atoms with Gasteiger partial charge in [-0.05, 0) is 31.2 Å². The van der Waals surface area contributed by atoms with Gasteiger partial charge in [0.15, 0.2) is 0 Å². The smallest absolute Gasteiger partial charge is 0.273 e. The summed E-state index contributed by atoms with van der Waals surface area (Å²) in [5, 5.41) is 10.9. The highest BCUT2D eigenvalue weighted by molar-refractivity contribution is 7.89. The van der Waals surface area contributed by atoms with E-state index < -0.39 is 14.9 Å². The second kappa shape index (κ2) is 9.88. The molecule has 10 heteroatoms. The predicted octanol–water partition coefficient (Wildman–Crippen LogP) is 2.09. The van der Waals surface area contributed by atoms with E-state index in [9.17, 15) is 18.5 Å². The van der Waals surface area contributed by atoms with Crippen LogP contribution >= 0.6 is 0 Å². The summed E-state index contributed by atoms with van der Waals surface area (Å²) in [6.07, 6.45) is 0.667. The molecule has 30 heavy (non-hydrogen) atoms. The minimum absolute atomic E-state index is 0.0475. The maximum absolute atomic E-state index is 12.6. The second-order valence-electron chi connectivity index (χ2n) is 7.01. The topological polar surface area (TPSA) is 105 Å². The molecule has 0 atom stereocenters. The highest BCUT2D eigenvalue weighted by Gasteiger charge is 2.22. The van der Waals surface area contributed by atoms with Crippen molar-refractivity contribution in [1.82, 2.24) is 9.62 Å². The van der Waals surface area contributed by atoms with Gasteiger partial charge < -0.3 is 9.64 Å². The van der Waals surface area contributed by atoms with E-state index in [1.54, 1.807) is 0 Å². The molecule has 1 aliphatic heterocycles. The quantitative estimate of drug-likeness (QED) is 0.366. The molecule has 0 spiro atoms. The van der Waals surface area contributed by atoms with Gasteiger partial charge in [-0.1, -0.05) is 18.2 Å². The van der Waals surface area contributed by atoms with Crippen LogP contribution in [0.5, 0.6) is 5.75 Å². The molecular weight excluding hydrogens is 408 g/mol. The van der Waals surface area contributed by atoms with Crippen molar-refractivity contribution in [3.8, 4) is 5.75 Å². The maximum atomic E-state index is 12.6. The number of hydrogen-bond acceptors (Lipinski definition) is 7. The lowest BCUT2D eigenvalue weighted by atomic mass is 10.2. The van der Waals surface area contributed by atoms with Gasteiger partial charge in [0.05, 0.1) is 18.1 Å². The third-order valence-corrected chi connectivity index (χ3v) is 6.58. The van der Waals surface area contributed by atoms with Gasteiger partial charge >= 0.3 is 0 Å². The fourth-order valence-corrected chi connectivity index (χ4v) is 4.67.